The normalized spacial score (nSPS) is 11.6. The number of ether oxygens (including phenoxy) is 2. The highest BCUT2D eigenvalue weighted by atomic mass is 35.5. The Morgan fingerprint density at radius 3 is 2.43 bits per heavy atom. The van der Waals surface area contributed by atoms with Crippen LogP contribution < -0.4 is 0 Å². The van der Waals surface area contributed by atoms with Crippen LogP contribution in [0.1, 0.15) is 32.3 Å². The minimum Gasteiger partial charge on any atom is -0.464 e. The van der Waals surface area contributed by atoms with E-state index in [9.17, 15) is 9.59 Å². The summed E-state index contributed by atoms with van der Waals surface area (Å²) in [6, 6.07) is 8.71. The number of nitrogens with zero attached hydrogens (tertiary/aromatic N) is 1. The Balaban J connectivity index is 2.75. The van der Waals surface area contributed by atoms with E-state index in [-0.39, 0.29) is 25.6 Å². The van der Waals surface area contributed by atoms with Crippen LogP contribution in [-0.4, -0.2) is 42.0 Å². The van der Waals surface area contributed by atoms with E-state index in [1.807, 2.05) is 37.3 Å². The monoisotopic (exact) mass is 341 g/mol. The third kappa shape index (κ3) is 6.48. The fraction of sp³-hybridized carbons (Fsp3) is 0.529. The van der Waals surface area contributed by atoms with E-state index in [1.54, 1.807) is 6.92 Å². The molecule has 0 saturated carbocycles. The highest BCUT2D eigenvalue weighted by Gasteiger charge is 2.31. The van der Waals surface area contributed by atoms with Crippen LogP contribution in [0.15, 0.2) is 30.3 Å². The summed E-state index contributed by atoms with van der Waals surface area (Å²) in [5.74, 6) is -0.198. The zero-order chi connectivity index (χ0) is 17.1. The summed E-state index contributed by atoms with van der Waals surface area (Å²) in [6.45, 7) is 4.34. The van der Waals surface area contributed by atoms with Gasteiger partial charge in [0.1, 0.15) is 12.6 Å². The van der Waals surface area contributed by atoms with E-state index in [0.717, 1.165) is 12.0 Å². The number of rotatable bonds is 9. The first kappa shape index (κ1) is 19.3. The Labute approximate surface area is 142 Å². The zero-order valence-corrected chi connectivity index (χ0v) is 14.4. The van der Waals surface area contributed by atoms with Crippen LogP contribution in [0.3, 0.4) is 0 Å². The average Bonchev–Trinajstić information content (AvgIpc) is 2.57. The molecule has 0 saturated heterocycles. The Hall–Kier alpha value is -1.75. The van der Waals surface area contributed by atoms with Gasteiger partial charge in [-0.05, 0) is 18.9 Å². The standard InChI is InChI=1S/C17H24ClNO4/c1-3-8-15(16(20)22-4-2)19(12-11-18)17(21)23-13-14-9-6-5-7-10-14/h5-7,9-10,15H,3-4,8,11-13H2,1-2H3/t15-/m0/s1. The van der Waals surface area contributed by atoms with Gasteiger partial charge in [0.15, 0.2) is 0 Å². The molecule has 5 nitrogen and oxygen atoms in total. The summed E-state index contributed by atoms with van der Waals surface area (Å²) in [7, 11) is 0. The van der Waals surface area contributed by atoms with Crippen LogP contribution in [0.5, 0.6) is 0 Å². The van der Waals surface area contributed by atoms with Gasteiger partial charge in [-0.25, -0.2) is 9.59 Å². The Morgan fingerprint density at radius 2 is 1.87 bits per heavy atom. The van der Waals surface area contributed by atoms with Crippen molar-refractivity contribution in [2.45, 2.75) is 39.3 Å². The quantitative estimate of drug-likeness (QED) is 0.508. The van der Waals surface area contributed by atoms with Gasteiger partial charge < -0.3 is 9.47 Å². The second kappa shape index (κ2) is 10.9. The maximum Gasteiger partial charge on any atom is 0.410 e. The molecule has 0 spiro atoms. The van der Waals surface area contributed by atoms with Crippen LogP contribution in [0, 0.1) is 0 Å². The first-order valence-corrected chi connectivity index (χ1v) is 8.37. The van der Waals surface area contributed by atoms with Gasteiger partial charge in [0.05, 0.1) is 6.61 Å². The topological polar surface area (TPSA) is 55.8 Å². The number of alkyl halides is 1. The number of amides is 1. The highest BCUT2D eigenvalue weighted by molar-refractivity contribution is 6.18. The van der Waals surface area contributed by atoms with Crippen LogP contribution in [0.4, 0.5) is 4.79 Å². The molecule has 0 aromatic heterocycles. The number of esters is 1. The Bertz CT molecular complexity index is 481. The summed E-state index contributed by atoms with van der Waals surface area (Å²) >= 11 is 5.78. The highest BCUT2D eigenvalue weighted by Crippen LogP contribution is 2.13. The molecule has 0 aliphatic carbocycles. The summed E-state index contributed by atoms with van der Waals surface area (Å²) in [6.07, 6.45) is 0.700. The minimum absolute atomic E-state index is 0.153. The third-order valence-corrected chi connectivity index (χ3v) is 3.43. The van der Waals surface area contributed by atoms with Gasteiger partial charge in [-0.1, -0.05) is 43.7 Å². The molecule has 0 unspecified atom stereocenters. The smallest absolute Gasteiger partial charge is 0.410 e. The van der Waals surface area contributed by atoms with Crippen molar-refractivity contribution in [2.24, 2.45) is 0 Å². The second-order valence-electron chi connectivity index (χ2n) is 4.98. The number of benzene rings is 1. The largest absolute Gasteiger partial charge is 0.464 e. The van der Waals surface area contributed by atoms with Gasteiger partial charge in [0.2, 0.25) is 0 Å². The predicted octanol–water partition coefficient (Wildman–Crippen LogP) is 3.60. The molecule has 1 atom stereocenters. The Morgan fingerprint density at radius 1 is 1.17 bits per heavy atom. The van der Waals surface area contributed by atoms with Crippen molar-refractivity contribution in [1.82, 2.24) is 4.90 Å². The number of carbonyl (C=O) groups excluding carboxylic acids is 2. The molecule has 0 aliphatic rings. The van der Waals surface area contributed by atoms with Crippen molar-refractivity contribution in [2.75, 3.05) is 19.0 Å². The summed E-state index contributed by atoms with van der Waals surface area (Å²) in [4.78, 5) is 25.8. The molecule has 1 rings (SSSR count). The third-order valence-electron chi connectivity index (χ3n) is 3.26. The van der Waals surface area contributed by atoms with Gasteiger partial charge in [-0.2, -0.15) is 0 Å². The average molecular weight is 342 g/mol. The maximum atomic E-state index is 12.4. The molecule has 0 heterocycles. The molecule has 0 N–H and O–H groups in total. The van der Waals surface area contributed by atoms with Gasteiger partial charge >= 0.3 is 12.1 Å². The molecule has 1 aromatic rings. The Kier molecular flexibility index (Phi) is 9.14. The molecule has 128 valence electrons. The molecule has 23 heavy (non-hydrogen) atoms. The van der Waals surface area contributed by atoms with Crippen molar-refractivity contribution in [1.29, 1.82) is 0 Å². The van der Waals surface area contributed by atoms with Crippen molar-refractivity contribution in [3.63, 3.8) is 0 Å². The summed E-state index contributed by atoms with van der Waals surface area (Å²) in [5, 5.41) is 0. The molecule has 0 bridgehead atoms. The number of hydrogen-bond donors (Lipinski definition) is 0. The fourth-order valence-corrected chi connectivity index (χ4v) is 2.36. The maximum absolute atomic E-state index is 12.4. The van der Waals surface area contributed by atoms with Crippen molar-refractivity contribution in [3.8, 4) is 0 Å². The molecule has 0 fully saturated rings. The molecule has 1 aromatic carbocycles. The van der Waals surface area contributed by atoms with Crippen LogP contribution in [0.2, 0.25) is 0 Å². The molecular weight excluding hydrogens is 318 g/mol. The van der Waals surface area contributed by atoms with E-state index in [2.05, 4.69) is 0 Å². The van der Waals surface area contributed by atoms with Crippen LogP contribution in [0.25, 0.3) is 0 Å². The van der Waals surface area contributed by atoms with Crippen LogP contribution in [-0.2, 0) is 20.9 Å². The zero-order valence-electron chi connectivity index (χ0n) is 13.7. The lowest BCUT2D eigenvalue weighted by molar-refractivity contribution is -0.149. The molecule has 6 heteroatoms. The lowest BCUT2D eigenvalue weighted by Gasteiger charge is -2.28. The number of carbonyl (C=O) groups is 2. The van der Waals surface area contributed by atoms with E-state index < -0.39 is 18.1 Å². The van der Waals surface area contributed by atoms with Gasteiger partial charge in [0, 0.05) is 12.4 Å². The molecule has 0 radical (unpaired) electrons. The van der Waals surface area contributed by atoms with Gasteiger partial charge in [-0.15, -0.1) is 11.6 Å². The van der Waals surface area contributed by atoms with E-state index >= 15 is 0 Å². The van der Waals surface area contributed by atoms with E-state index in [4.69, 9.17) is 21.1 Å². The van der Waals surface area contributed by atoms with Crippen molar-refractivity contribution in [3.05, 3.63) is 35.9 Å². The minimum atomic E-state index is -0.665. The van der Waals surface area contributed by atoms with Crippen LogP contribution >= 0.6 is 11.6 Å². The fourth-order valence-electron chi connectivity index (χ4n) is 2.18. The molecule has 1 amide bonds. The first-order chi connectivity index (χ1) is 11.1. The van der Waals surface area contributed by atoms with E-state index in [1.165, 1.54) is 4.90 Å². The number of halogens is 1. The molecular formula is C17H24ClNO4. The predicted molar refractivity (Wildman–Crippen MR) is 89.4 cm³/mol. The lowest BCUT2D eigenvalue weighted by atomic mass is 10.1. The van der Waals surface area contributed by atoms with Gasteiger partial charge in [0.25, 0.3) is 0 Å². The van der Waals surface area contributed by atoms with Crippen molar-refractivity contribution >= 4 is 23.7 Å². The van der Waals surface area contributed by atoms with Gasteiger partial charge in [-0.3, -0.25) is 4.90 Å². The molecule has 0 aliphatic heterocycles. The SMILES string of the molecule is CCC[C@@H](C(=O)OCC)N(CCCl)C(=O)OCc1ccccc1. The first-order valence-electron chi connectivity index (χ1n) is 7.83. The lowest BCUT2D eigenvalue weighted by Crippen LogP contribution is -2.47. The number of hydrogen-bond acceptors (Lipinski definition) is 4. The summed E-state index contributed by atoms with van der Waals surface area (Å²) < 4.78 is 10.4. The van der Waals surface area contributed by atoms with E-state index in [0.29, 0.717) is 6.42 Å². The van der Waals surface area contributed by atoms with Crippen molar-refractivity contribution < 1.29 is 19.1 Å². The summed E-state index contributed by atoms with van der Waals surface area (Å²) in [5.41, 5.74) is 0.884. The second-order valence-corrected chi connectivity index (χ2v) is 5.36.